The van der Waals surface area contributed by atoms with Crippen LogP contribution in [0.1, 0.15) is 13.3 Å². The van der Waals surface area contributed by atoms with E-state index in [1.165, 1.54) is 0 Å². The van der Waals surface area contributed by atoms with Gasteiger partial charge in [0.15, 0.2) is 11.1 Å². The van der Waals surface area contributed by atoms with E-state index in [0.717, 1.165) is 35.5 Å². The molecule has 0 unspecified atom stereocenters. The van der Waals surface area contributed by atoms with E-state index in [4.69, 9.17) is 16.9 Å². The zero-order valence-electron chi connectivity index (χ0n) is 10.8. The number of carbonyl (C=O) groups excluding carboxylic acids is 1. The number of aromatic nitrogens is 2. The van der Waals surface area contributed by atoms with Crippen LogP contribution in [0.3, 0.4) is 0 Å². The lowest BCUT2D eigenvalue weighted by Crippen LogP contribution is -2.24. The summed E-state index contributed by atoms with van der Waals surface area (Å²) in [4.78, 5) is 19.3. The quantitative estimate of drug-likeness (QED) is 0.344. The molecule has 1 aromatic heterocycles. The van der Waals surface area contributed by atoms with Crippen molar-refractivity contribution in [1.82, 2.24) is 9.36 Å². The Bertz CT molecular complexity index is 497. The Morgan fingerprint density at radius 1 is 1.55 bits per heavy atom. The highest BCUT2D eigenvalue weighted by atomic mass is 32.2. The van der Waals surface area contributed by atoms with Gasteiger partial charge in [0.25, 0.3) is 0 Å². The molecule has 11 heteroatoms. The number of carbonyl (C=O) groups is 1. The Morgan fingerprint density at radius 2 is 2.30 bits per heavy atom. The molecular weight excluding hydrogens is 318 g/mol. The van der Waals surface area contributed by atoms with Crippen LogP contribution in [-0.2, 0) is 4.79 Å². The van der Waals surface area contributed by atoms with Crippen molar-refractivity contribution in [3.8, 4) is 0 Å². The molecule has 0 radical (unpaired) electrons. The average Bonchev–Trinajstić information content (AvgIpc) is 2.80. The molecule has 0 spiro atoms. The smallest absolute Gasteiger partial charge is 0.236 e. The van der Waals surface area contributed by atoms with Crippen molar-refractivity contribution < 1.29 is 4.79 Å². The summed E-state index contributed by atoms with van der Waals surface area (Å²) in [7, 11) is 0. The first-order valence-corrected chi connectivity index (χ1v) is 8.33. The topological polar surface area (TPSA) is 143 Å². The molecule has 0 aliphatic rings. The number of guanidine groups is 1. The second-order valence-electron chi connectivity index (χ2n) is 3.41. The predicted molar refractivity (Wildman–Crippen MR) is 85.5 cm³/mol. The van der Waals surface area contributed by atoms with Crippen LogP contribution in [0.25, 0.3) is 0 Å². The van der Waals surface area contributed by atoms with Crippen molar-refractivity contribution in [2.24, 2.45) is 16.5 Å². The molecule has 0 saturated heterocycles. The number of amidine groups is 1. The average molecular weight is 333 g/mol. The number of thioether (sulfide) groups is 2. The van der Waals surface area contributed by atoms with Crippen molar-refractivity contribution in [2.45, 2.75) is 18.5 Å². The Hall–Kier alpha value is -1.33. The zero-order valence-corrected chi connectivity index (χ0v) is 13.2. The number of hydrogen-bond donors (Lipinski definition) is 4. The maximum absolute atomic E-state index is 11.6. The van der Waals surface area contributed by atoms with Gasteiger partial charge in [0, 0.05) is 17.3 Å². The molecule has 0 fully saturated rings. The molecule has 0 aliphatic carbocycles. The molecular formula is C9H15N7OS3. The summed E-state index contributed by atoms with van der Waals surface area (Å²) in [6, 6.07) is 0. The highest BCUT2D eigenvalue weighted by Gasteiger charge is 2.09. The second kappa shape index (κ2) is 8.76. The molecule has 0 aliphatic heterocycles. The molecule has 0 bridgehead atoms. The number of anilines is 1. The standard InChI is InChI=1S/C9H15N7OS3/c1-2-3-18-9-15-8(20-16-9)13-5(17)4-19-7(12)14-6(10)11/h2-4H2,1H3,(H5,10,11,12,14)(H,13,15,16,17). The Labute approximate surface area is 128 Å². The number of nitrogens with one attached hydrogen (secondary N) is 2. The zero-order chi connectivity index (χ0) is 15.0. The summed E-state index contributed by atoms with van der Waals surface area (Å²) >= 11 is 3.60. The number of nitrogens with zero attached hydrogens (tertiary/aromatic N) is 3. The molecule has 8 nitrogen and oxygen atoms in total. The number of nitrogens with two attached hydrogens (primary N) is 2. The fraction of sp³-hybridized carbons (Fsp3) is 0.444. The Balaban J connectivity index is 2.37. The minimum atomic E-state index is -0.284. The van der Waals surface area contributed by atoms with E-state index in [-0.39, 0.29) is 22.8 Å². The first-order valence-electron chi connectivity index (χ1n) is 5.58. The van der Waals surface area contributed by atoms with E-state index < -0.39 is 0 Å². The van der Waals surface area contributed by atoms with Crippen molar-refractivity contribution in [2.75, 3.05) is 16.8 Å². The monoisotopic (exact) mass is 333 g/mol. The van der Waals surface area contributed by atoms with Crippen LogP contribution < -0.4 is 16.8 Å². The van der Waals surface area contributed by atoms with Gasteiger partial charge >= 0.3 is 0 Å². The number of hydrogen-bond acceptors (Lipinski definition) is 7. The third-order valence-electron chi connectivity index (χ3n) is 1.66. The molecule has 1 amide bonds. The van der Waals surface area contributed by atoms with Crippen LogP contribution in [0.4, 0.5) is 5.13 Å². The van der Waals surface area contributed by atoms with E-state index in [1.54, 1.807) is 11.8 Å². The van der Waals surface area contributed by atoms with Gasteiger partial charge < -0.3 is 11.5 Å². The second-order valence-corrected chi connectivity index (χ2v) is 6.19. The first kappa shape index (κ1) is 16.7. The summed E-state index contributed by atoms with van der Waals surface area (Å²) in [5, 5.41) is 11.0. The third kappa shape index (κ3) is 6.73. The van der Waals surface area contributed by atoms with Crippen molar-refractivity contribution in [3.63, 3.8) is 0 Å². The molecule has 0 atom stereocenters. The van der Waals surface area contributed by atoms with E-state index in [2.05, 4.69) is 26.6 Å². The third-order valence-corrected chi connectivity index (χ3v) is 4.23. The molecule has 0 aromatic carbocycles. The van der Waals surface area contributed by atoms with Crippen molar-refractivity contribution in [3.05, 3.63) is 0 Å². The normalized spacial score (nSPS) is 10.1. The Morgan fingerprint density at radius 3 is 2.95 bits per heavy atom. The van der Waals surface area contributed by atoms with Gasteiger partial charge in [0.2, 0.25) is 16.2 Å². The highest BCUT2D eigenvalue weighted by molar-refractivity contribution is 8.14. The fourth-order valence-corrected chi connectivity index (χ4v) is 2.88. The van der Waals surface area contributed by atoms with Crippen molar-refractivity contribution >= 4 is 57.2 Å². The van der Waals surface area contributed by atoms with Gasteiger partial charge in [0.05, 0.1) is 5.75 Å². The van der Waals surface area contributed by atoms with Crippen LogP contribution >= 0.6 is 35.1 Å². The molecule has 1 aromatic rings. The lowest BCUT2D eigenvalue weighted by molar-refractivity contribution is -0.113. The fourth-order valence-electron chi connectivity index (χ4n) is 0.952. The van der Waals surface area contributed by atoms with Gasteiger partial charge in [0.1, 0.15) is 0 Å². The summed E-state index contributed by atoms with van der Waals surface area (Å²) in [6.45, 7) is 2.07. The lowest BCUT2D eigenvalue weighted by Gasteiger charge is -2.00. The molecule has 20 heavy (non-hydrogen) atoms. The number of rotatable bonds is 6. The van der Waals surface area contributed by atoms with E-state index >= 15 is 0 Å². The maximum atomic E-state index is 11.6. The van der Waals surface area contributed by atoms with Gasteiger partial charge in [-0.1, -0.05) is 30.4 Å². The minimum absolute atomic E-state index is 0.0344. The SMILES string of the molecule is CCCSc1nsc(NC(=O)CSC(=N)N=C(N)N)n1. The van der Waals surface area contributed by atoms with Gasteiger partial charge in [-0.15, -0.1) is 0 Å². The number of amides is 1. The molecule has 0 saturated carbocycles. The summed E-state index contributed by atoms with van der Waals surface area (Å²) in [5.74, 6) is 0.487. The maximum Gasteiger partial charge on any atom is 0.236 e. The van der Waals surface area contributed by atoms with Gasteiger partial charge in [-0.3, -0.25) is 15.5 Å². The largest absolute Gasteiger partial charge is 0.370 e. The molecule has 6 N–H and O–H groups in total. The van der Waals surface area contributed by atoms with Crippen LogP contribution in [0, 0.1) is 5.41 Å². The van der Waals surface area contributed by atoms with E-state index in [1.807, 2.05) is 0 Å². The first-order chi connectivity index (χ1) is 9.51. The summed E-state index contributed by atoms with van der Waals surface area (Å²) < 4.78 is 4.12. The Kier molecular flexibility index (Phi) is 7.33. The van der Waals surface area contributed by atoms with Crippen LogP contribution in [-0.4, -0.2) is 37.9 Å². The van der Waals surface area contributed by atoms with Gasteiger partial charge in [-0.05, 0) is 6.42 Å². The highest BCUT2D eigenvalue weighted by Crippen LogP contribution is 2.20. The predicted octanol–water partition coefficient (Wildman–Crippen LogP) is 0.920. The van der Waals surface area contributed by atoms with E-state index in [9.17, 15) is 4.79 Å². The lowest BCUT2D eigenvalue weighted by atomic mass is 10.6. The summed E-state index contributed by atoms with van der Waals surface area (Å²) in [5.41, 5.74) is 10.2. The van der Waals surface area contributed by atoms with Gasteiger partial charge in [-0.25, -0.2) is 0 Å². The number of aliphatic imine (C=N–C) groups is 1. The van der Waals surface area contributed by atoms with E-state index in [0.29, 0.717) is 10.3 Å². The van der Waals surface area contributed by atoms with Crippen LogP contribution in [0.2, 0.25) is 0 Å². The van der Waals surface area contributed by atoms with Crippen molar-refractivity contribution in [1.29, 1.82) is 5.41 Å². The minimum Gasteiger partial charge on any atom is -0.370 e. The van der Waals surface area contributed by atoms with Gasteiger partial charge in [-0.2, -0.15) is 14.3 Å². The molecule has 1 heterocycles. The molecule has 1 rings (SSSR count). The van der Waals surface area contributed by atoms with Crippen LogP contribution in [0.5, 0.6) is 0 Å². The van der Waals surface area contributed by atoms with Crippen LogP contribution in [0.15, 0.2) is 10.1 Å². The molecule has 110 valence electrons. The summed E-state index contributed by atoms with van der Waals surface area (Å²) in [6.07, 6.45) is 1.04.